The van der Waals surface area contributed by atoms with Crippen LogP contribution in [0.4, 0.5) is 0 Å². The van der Waals surface area contributed by atoms with Crippen LogP contribution < -0.4 is 0 Å². The summed E-state index contributed by atoms with van der Waals surface area (Å²) in [5, 5.41) is 4.56. The van der Waals surface area contributed by atoms with Gasteiger partial charge in [0.1, 0.15) is 17.5 Å². The Balaban J connectivity index is 2.19. The van der Waals surface area contributed by atoms with Crippen molar-refractivity contribution in [1.29, 1.82) is 0 Å². The number of hydrogen-bond donors (Lipinski definition) is 0. The topological polar surface area (TPSA) is 69.1 Å². The maximum Gasteiger partial charge on any atom is 0.185 e. The maximum atomic E-state index is 10.5. The SMILES string of the molecule is O=Cc1cc2cnc(-c3ccon3)cc2o1. The Kier molecular flexibility index (Phi) is 1.83. The molecular weight excluding hydrogens is 208 g/mol. The van der Waals surface area contributed by atoms with Crippen molar-refractivity contribution in [3.8, 4) is 11.4 Å². The molecule has 0 bridgehead atoms. The van der Waals surface area contributed by atoms with Crippen molar-refractivity contribution < 1.29 is 13.7 Å². The first-order valence-corrected chi connectivity index (χ1v) is 4.62. The van der Waals surface area contributed by atoms with Crippen molar-refractivity contribution >= 4 is 17.3 Å². The van der Waals surface area contributed by atoms with E-state index in [1.165, 1.54) is 6.26 Å². The van der Waals surface area contributed by atoms with Crippen LogP contribution in [-0.4, -0.2) is 16.4 Å². The van der Waals surface area contributed by atoms with Crippen molar-refractivity contribution in [2.24, 2.45) is 0 Å². The maximum absolute atomic E-state index is 10.5. The van der Waals surface area contributed by atoms with E-state index in [1.54, 1.807) is 24.4 Å². The third kappa shape index (κ3) is 1.30. The Morgan fingerprint density at radius 1 is 1.25 bits per heavy atom. The summed E-state index contributed by atoms with van der Waals surface area (Å²) in [6.07, 6.45) is 3.77. The number of aldehydes is 1. The van der Waals surface area contributed by atoms with Crippen molar-refractivity contribution in [3.63, 3.8) is 0 Å². The number of fused-ring (bicyclic) bond motifs is 1. The van der Waals surface area contributed by atoms with Crippen LogP contribution in [0.25, 0.3) is 22.4 Å². The van der Waals surface area contributed by atoms with Gasteiger partial charge >= 0.3 is 0 Å². The minimum atomic E-state index is 0.286. The monoisotopic (exact) mass is 214 g/mol. The first kappa shape index (κ1) is 8.84. The van der Waals surface area contributed by atoms with Gasteiger partial charge in [-0.15, -0.1) is 0 Å². The predicted octanol–water partition coefficient (Wildman–Crippen LogP) is 2.30. The van der Waals surface area contributed by atoms with Gasteiger partial charge in [-0.1, -0.05) is 5.16 Å². The van der Waals surface area contributed by atoms with Crippen LogP contribution in [0.1, 0.15) is 10.6 Å². The molecule has 0 saturated heterocycles. The lowest BCUT2D eigenvalue weighted by Crippen LogP contribution is -1.81. The molecule has 0 fully saturated rings. The highest BCUT2D eigenvalue weighted by Gasteiger charge is 2.07. The van der Waals surface area contributed by atoms with E-state index in [0.29, 0.717) is 23.3 Å². The molecule has 3 rings (SSSR count). The molecule has 0 aromatic carbocycles. The summed E-state index contributed by atoms with van der Waals surface area (Å²) in [6.45, 7) is 0. The molecule has 3 aromatic heterocycles. The number of aromatic nitrogens is 2. The van der Waals surface area contributed by atoms with Gasteiger partial charge in [0.05, 0.1) is 5.69 Å². The standard InChI is InChI=1S/C11H6N2O3/c14-6-8-3-7-5-12-10(4-11(7)16-8)9-1-2-15-13-9/h1-6H. The summed E-state index contributed by atoms with van der Waals surface area (Å²) < 4.78 is 10.0. The summed E-state index contributed by atoms with van der Waals surface area (Å²) in [6, 6.07) is 5.07. The zero-order valence-electron chi connectivity index (χ0n) is 8.08. The molecule has 0 unspecified atom stereocenters. The van der Waals surface area contributed by atoms with Crippen LogP contribution in [0.3, 0.4) is 0 Å². The molecule has 5 heteroatoms. The van der Waals surface area contributed by atoms with Crippen molar-refractivity contribution in [2.75, 3.05) is 0 Å². The second-order valence-electron chi connectivity index (χ2n) is 3.26. The Labute approximate surface area is 89.7 Å². The van der Waals surface area contributed by atoms with E-state index in [0.717, 1.165) is 5.39 Å². The Bertz CT molecular complexity index is 640. The third-order valence-corrected chi connectivity index (χ3v) is 2.24. The molecule has 0 aliphatic rings. The molecule has 5 nitrogen and oxygen atoms in total. The lowest BCUT2D eigenvalue weighted by molar-refractivity contribution is 0.110. The molecule has 0 aliphatic heterocycles. The smallest absolute Gasteiger partial charge is 0.185 e. The zero-order chi connectivity index (χ0) is 11.0. The minimum absolute atomic E-state index is 0.286. The normalized spacial score (nSPS) is 10.8. The second-order valence-corrected chi connectivity index (χ2v) is 3.26. The molecule has 16 heavy (non-hydrogen) atoms. The molecule has 3 aromatic rings. The van der Waals surface area contributed by atoms with E-state index in [4.69, 9.17) is 8.94 Å². The fourth-order valence-electron chi connectivity index (χ4n) is 1.50. The quantitative estimate of drug-likeness (QED) is 0.612. The van der Waals surface area contributed by atoms with Crippen LogP contribution in [0.15, 0.2) is 39.6 Å². The van der Waals surface area contributed by atoms with E-state index >= 15 is 0 Å². The summed E-state index contributed by atoms with van der Waals surface area (Å²) in [7, 11) is 0. The zero-order valence-corrected chi connectivity index (χ0v) is 8.08. The molecule has 0 saturated carbocycles. The average Bonchev–Trinajstić information content (AvgIpc) is 2.96. The van der Waals surface area contributed by atoms with Gasteiger partial charge in [0, 0.05) is 23.7 Å². The van der Waals surface area contributed by atoms with Crippen LogP contribution in [0, 0.1) is 0 Å². The molecule has 0 aliphatic carbocycles. The second kappa shape index (κ2) is 3.30. The number of carbonyl (C=O) groups is 1. The molecule has 3 heterocycles. The van der Waals surface area contributed by atoms with Crippen LogP contribution in [0.5, 0.6) is 0 Å². The molecule has 0 radical (unpaired) electrons. The molecule has 0 atom stereocenters. The fraction of sp³-hybridized carbons (Fsp3) is 0. The lowest BCUT2D eigenvalue weighted by Gasteiger charge is -1.93. The van der Waals surface area contributed by atoms with Crippen molar-refractivity contribution in [1.82, 2.24) is 10.1 Å². The molecule has 0 amide bonds. The van der Waals surface area contributed by atoms with Gasteiger partial charge in [0.25, 0.3) is 0 Å². The van der Waals surface area contributed by atoms with Crippen molar-refractivity contribution in [3.05, 3.63) is 36.4 Å². The number of hydrogen-bond acceptors (Lipinski definition) is 5. The Hall–Kier alpha value is -2.43. The number of pyridine rings is 1. The van der Waals surface area contributed by atoms with Gasteiger partial charge in [-0.2, -0.15) is 0 Å². The summed E-state index contributed by atoms with van der Waals surface area (Å²) in [5.41, 5.74) is 1.88. The highest BCUT2D eigenvalue weighted by Crippen LogP contribution is 2.22. The van der Waals surface area contributed by atoms with Gasteiger partial charge < -0.3 is 8.94 Å². The number of rotatable bonds is 2. The van der Waals surface area contributed by atoms with E-state index in [9.17, 15) is 4.79 Å². The average molecular weight is 214 g/mol. The lowest BCUT2D eigenvalue weighted by atomic mass is 10.2. The fourth-order valence-corrected chi connectivity index (χ4v) is 1.50. The first-order valence-electron chi connectivity index (χ1n) is 4.62. The minimum Gasteiger partial charge on any atom is -0.453 e. The number of nitrogens with zero attached hydrogens (tertiary/aromatic N) is 2. The highest BCUT2D eigenvalue weighted by molar-refractivity contribution is 5.86. The van der Waals surface area contributed by atoms with Gasteiger partial charge in [-0.05, 0) is 6.07 Å². The molecule has 0 N–H and O–H groups in total. The summed E-state index contributed by atoms with van der Waals surface area (Å²) in [5.74, 6) is 0.286. The first-order chi connectivity index (χ1) is 7.86. The number of carbonyl (C=O) groups excluding carboxylic acids is 1. The van der Waals surface area contributed by atoms with Crippen LogP contribution in [0.2, 0.25) is 0 Å². The Morgan fingerprint density at radius 3 is 2.94 bits per heavy atom. The van der Waals surface area contributed by atoms with E-state index < -0.39 is 0 Å². The van der Waals surface area contributed by atoms with E-state index in [-0.39, 0.29) is 5.76 Å². The van der Waals surface area contributed by atoms with Crippen LogP contribution >= 0.6 is 0 Å². The van der Waals surface area contributed by atoms with Gasteiger partial charge in [0.2, 0.25) is 0 Å². The van der Waals surface area contributed by atoms with E-state index in [1.807, 2.05) is 0 Å². The largest absolute Gasteiger partial charge is 0.453 e. The van der Waals surface area contributed by atoms with E-state index in [2.05, 4.69) is 10.1 Å². The molecule has 78 valence electrons. The van der Waals surface area contributed by atoms with Crippen molar-refractivity contribution in [2.45, 2.75) is 0 Å². The number of furan rings is 1. The summed E-state index contributed by atoms with van der Waals surface area (Å²) >= 11 is 0. The van der Waals surface area contributed by atoms with Gasteiger partial charge in [0.15, 0.2) is 12.0 Å². The van der Waals surface area contributed by atoms with Gasteiger partial charge in [-0.25, -0.2) is 0 Å². The Morgan fingerprint density at radius 2 is 2.19 bits per heavy atom. The van der Waals surface area contributed by atoms with Gasteiger partial charge in [-0.3, -0.25) is 9.78 Å². The summed E-state index contributed by atoms with van der Waals surface area (Å²) in [4.78, 5) is 14.7. The highest BCUT2D eigenvalue weighted by atomic mass is 16.5. The predicted molar refractivity (Wildman–Crippen MR) is 54.9 cm³/mol. The third-order valence-electron chi connectivity index (χ3n) is 2.24. The molecular formula is C11H6N2O3. The van der Waals surface area contributed by atoms with Crippen LogP contribution in [-0.2, 0) is 0 Å². The molecule has 0 spiro atoms.